The van der Waals surface area contributed by atoms with Crippen molar-refractivity contribution < 1.29 is 14.0 Å². The zero-order valence-corrected chi connectivity index (χ0v) is 12.6. The summed E-state index contributed by atoms with van der Waals surface area (Å²) in [6, 6.07) is 6.47. The Kier molecular flexibility index (Phi) is 6.37. The van der Waals surface area contributed by atoms with E-state index in [0.717, 1.165) is 24.8 Å². The lowest BCUT2D eigenvalue weighted by molar-refractivity contribution is 0.306. The highest BCUT2D eigenvalue weighted by Gasteiger charge is 2.13. The smallest absolute Gasteiger partial charge is 0.266 e. The zero-order chi connectivity index (χ0) is 15.0. The Morgan fingerprint density at radius 3 is 2.26 bits per heavy atom. The molecule has 0 spiro atoms. The van der Waals surface area contributed by atoms with Crippen LogP contribution in [0, 0.1) is 6.92 Å². The molecule has 0 heterocycles. The molecule has 0 saturated heterocycles. The van der Waals surface area contributed by atoms with E-state index in [1.165, 1.54) is 25.0 Å². The summed E-state index contributed by atoms with van der Waals surface area (Å²) >= 11 is 0. The third-order valence-electron chi connectivity index (χ3n) is 2.93. The van der Waals surface area contributed by atoms with Gasteiger partial charge in [0.15, 0.2) is 0 Å². The third-order valence-corrected chi connectivity index (χ3v) is 4.17. The Balaban J connectivity index is 2.43. The molecule has 0 aliphatic rings. The molecule has 4 heteroatoms. The number of hydrogen-bond acceptors (Lipinski definition) is 3. The molecule has 3 nitrogen and oxygen atoms in total. The predicted molar refractivity (Wildman–Crippen MR) is 77.7 cm³/mol. The lowest BCUT2D eigenvalue weighted by Crippen LogP contribution is -2.07. The first-order chi connectivity index (χ1) is 9.45. The molecular formula is C15H24O3S. The highest BCUT2D eigenvalue weighted by Crippen LogP contribution is 2.14. The number of benzene rings is 1. The largest absolute Gasteiger partial charge is 0.296 e. The molecule has 0 unspecified atom stereocenters. The maximum absolute atomic E-state index is 11.9. The summed E-state index contributed by atoms with van der Waals surface area (Å²) in [6.45, 7) is 3.02. The number of aryl methyl sites for hydroxylation is 1. The Labute approximate surface area is 118 Å². The van der Waals surface area contributed by atoms with Crippen LogP contribution in [0.3, 0.4) is 0 Å². The van der Waals surface area contributed by atoms with Crippen molar-refractivity contribution in [3.63, 3.8) is 0 Å². The molecule has 0 N–H and O–H groups in total. The van der Waals surface area contributed by atoms with Crippen LogP contribution in [0.15, 0.2) is 29.2 Å². The molecule has 1 aromatic carbocycles. The van der Waals surface area contributed by atoms with Gasteiger partial charge < -0.3 is 0 Å². The van der Waals surface area contributed by atoms with Gasteiger partial charge in [0.2, 0.25) is 0 Å². The minimum atomic E-state index is -3.81. The number of unbranched alkanes of at least 4 members (excludes halogenated alkanes) is 4. The van der Waals surface area contributed by atoms with Gasteiger partial charge in [-0.3, -0.25) is 4.18 Å². The summed E-state index contributed by atoms with van der Waals surface area (Å²) in [7, 11) is -3.81. The van der Waals surface area contributed by atoms with Crippen molar-refractivity contribution in [3.8, 4) is 0 Å². The van der Waals surface area contributed by atoms with E-state index in [-0.39, 0.29) is 4.90 Å². The lowest BCUT2D eigenvalue weighted by Gasteiger charge is -2.06. The van der Waals surface area contributed by atoms with Gasteiger partial charge in [-0.1, -0.05) is 56.7 Å². The second kappa shape index (κ2) is 8.33. The van der Waals surface area contributed by atoms with E-state index in [4.69, 9.17) is 5.55 Å². The van der Waals surface area contributed by atoms with Crippen LogP contribution < -0.4 is 0 Å². The molecule has 1 rings (SSSR count). The summed E-state index contributed by atoms with van der Waals surface area (Å²) < 4.78 is 36.5. The molecule has 108 valence electrons. The first kappa shape index (κ1) is 14.5. The van der Waals surface area contributed by atoms with Gasteiger partial charge in [-0.25, -0.2) is 0 Å². The molecule has 0 aliphatic heterocycles. The third kappa shape index (κ3) is 6.21. The van der Waals surface area contributed by atoms with E-state index in [9.17, 15) is 8.42 Å². The van der Waals surface area contributed by atoms with Crippen LogP contribution in [0.4, 0.5) is 0 Å². The number of rotatable bonds is 9. The van der Waals surface area contributed by atoms with Gasteiger partial charge in [0.25, 0.3) is 10.1 Å². The maximum atomic E-state index is 11.9. The van der Waals surface area contributed by atoms with Crippen LogP contribution in [0.5, 0.6) is 0 Å². The normalized spacial score (nSPS) is 14.1. The molecule has 0 aliphatic carbocycles. The van der Waals surface area contributed by atoms with Crippen LogP contribution in [0.1, 0.15) is 52.4 Å². The van der Waals surface area contributed by atoms with Crippen LogP contribution in [0.2, 0.25) is 0 Å². The molecule has 0 fully saturated rings. The van der Waals surface area contributed by atoms with E-state index in [0.29, 0.717) is 6.42 Å². The maximum Gasteiger partial charge on any atom is 0.296 e. The summed E-state index contributed by atoms with van der Waals surface area (Å²) in [6.07, 6.45) is 5.80. The van der Waals surface area contributed by atoms with Crippen LogP contribution in [-0.2, 0) is 14.3 Å². The van der Waals surface area contributed by atoms with Crippen molar-refractivity contribution in [1.82, 2.24) is 0 Å². The molecular weight excluding hydrogens is 260 g/mol. The Morgan fingerprint density at radius 2 is 1.63 bits per heavy atom. The first-order valence-electron chi connectivity index (χ1n) is 7.45. The average Bonchev–Trinajstić information content (AvgIpc) is 2.38. The van der Waals surface area contributed by atoms with Gasteiger partial charge in [-0.05, 0) is 25.5 Å². The molecule has 0 amide bonds. The molecule has 0 aromatic heterocycles. The Morgan fingerprint density at radius 1 is 1.05 bits per heavy atom. The second-order valence-electron chi connectivity index (χ2n) is 4.73. The highest BCUT2D eigenvalue weighted by atomic mass is 32.2. The van der Waals surface area contributed by atoms with E-state index in [1.807, 2.05) is 6.92 Å². The quantitative estimate of drug-likeness (QED) is 0.507. The molecule has 0 saturated carbocycles. The Bertz CT molecular complexity index is 482. The Hall–Kier alpha value is -0.870. The van der Waals surface area contributed by atoms with Crippen molar-refractivity contribution in [3.05, 3.63) is 29.8 Å². The SMILES string of the molecule is [2H][C@@H](CCCCCCC)OS(=O)(=O)c1ccc(C)cc1. The summed E-state index contributed by atoms with van der Waals surface area (Å²) in [5.74, 6) is 0. The fraction of sp³-hybridized carbons (Fsp3) is 0.600. The summed E-state index contributed by atoms with van der Waals surface area (Å²) in [4.78, 5) is 0.117. The predicted octanol–water partition coefficient (Wildman–Crippen LogP) is 4.06. The summed E-state index contributed by atoms with van der Waals surface area (Å²) in [5.41, 5.74) is 0.988. The van der Waals surface area contributed by atoms with Gasteiger partial charge in [0, 0.05) is 0 Å². The van der Waals surface area contributed by atoms with E-state index < -0.39 is 16.7 Å². The van der Waals surface area contributed by atoms with E-state index >= 15 is 0 Å². The van der Waals surface area contributed by atoms with Crippen LogP contribution >= 0.6 is 0 Å². The second-order valence-corrected chi connectivity index (χ2v) is 6.31. The van der Waals surface area contributed by atoms with Crippen molar-refractivity contribution in [1.29, 1.82) is 0 Å². The molecule has 0 bridgehead atoms. The zero-order valence-electron chi connectivity index (χ0n) is 12.8. The fourth-order valence-corrected chi connectivity index (χ4v) is 2.59. The van der Waals surface area contributed by atoms with Crippen molar-refractivity contribution in [2.24, 2.45) is 0 Å². The lowest BCUT2D eigenvalue weighted by atomic mass is 10.1. The first-order valence-corrected chi connectivity index (χ1v) is 8.28. The van der Waals surface area contributed by atoms with E-state index in [2.05, 4.69) is 6.92 Å². The van der Waals surface area contributed by atoms with Gasteiger partial charge in [0.05, 0.1) is 12.8 Å². The topological polar surface area (TPSA) is 43.4 Å². The molecule has 19 heavy (non-hydrogen) atoms. The van der Waals surface area contributed by atoms with Crippen LogP contribution in [0.25, 0.3) is 0 Å². The van der Waals surface area contributed by atoms with Crippen LogP contribution in [-0.4, -0.2) is 15.0 Å². The van der Waals surface area contributed by atoms with Gasteiger partial charge in [-0.15, -0.1) is 0 Å². The molecule has 0 radical (unpaired) electrons. The highest BCUT2D eigenvalue weighted by molar-refractivity contribution is 7.86. The molecule has 1 aromatic rings. The average molecular weight is 285 g/mol. The van der Waals surface area contributed by atoms with Crippen molar-refractivity contribution >= 4 is 10.1 Å². The van der Waals surface area contributed by atoms with Crippen molar-refractivity contribution in [2.75, 3.05) is 6.58 Å². The standard InChI is InChI=1S/C15H24O3S/c1-3-4-5-6-7-8-13-18-19(16,17)15-11-9-14(2)10-12-15/h9-12H,3-8,13H2,1-2H3/i13D/t13-/m0/s1. The molecule has 1 atom stereocenters. The van der Waals surface area contributed by atoms with E-state index in [1.54, 1.807) is 12.1 Å². The van der Waals surface area contributed by atoms with Gasteiger partial charge >= 0.3 is 0 Å². The monoisotopic (exact) mass is 285 g/mol. The fourth-order valence-electron chi connectivity index (χ4n) is 1.73. The van der Waals surface area contributed by atoms with Gasteiger partial charge in [-0.2, -0.15) is 8.42 Å². The number of hydrogen-bond donors (Lipinski definition) is 0. The minimum absolute atomic E-state index is 0.117. The van der Waals surface area contributed by atoms with Crippen molar-refractivity contribution in [2.45, 2.75) is 57.3 Å². The van der Waals surface area contributed by atoms with Gasteiger partial charge in [0.1, 0.15) is 0 Å². The summed E-state index contributed by atoms with van der Waals surface area (Å²) in [5, 5.41) is 0. The minimum Gasteiger partial charge on any atom is -0.266 e.